The molecule has 0 bridgehead atoms. The number of nitrogens with zero attached hydrogens (tertiary/aromatic N) is 2. The molecule has 6 nitrogen and oxygen atoms in total. The zero-order chi connectivity index (χ0) is 41.7. The maximum absolute atomic E-state index is 14.7. The summed E-state index contributed by atoms with van der Waals surface area (Å²) < 4.78 is 61.2. The lowest BCUT2D eigenvalue weighted by molar-refractivity contribution is -0.140. The van der Waals surface area contributed by atoms with Crippen LogP contribution in [0.1, 0.15) is 103 Å². The molecule has 0 aliphatic rings. The molecule has 0 saturated carbocycles. The Balaban J connectivity index is 1.57. The predicted octanol–water partition coefficient (Wildman–Crippen LogP) is 12.7. The number of aryl methyl sites for hydroxylation is 3. The predicted molar refractivity (Wildman–Crippen MR) is 224 cm³/mol. The number of alkyl halides is 4. The van der Waals surface area contributed by atoms with Gasteiger partial charge in [0.1, 0.15) is 11.5 Å². The first-order chi connectivity index (χ1) is 27.7. The van der Waals surface area contributed by atoms with Crippen molar-refractivity contribution in [1.29, 1.82) is 0 Å². The lowest BCUT2D eigenvalue weighted by Crippen LogP contribution is -2.26. The fraction of sp³-hybridized carbons (Fsp3) is 0.354. The van der Waals surface area contributed by atoms with E-state index in [9.17, 15) is 27.2 Å². The second-order valence-corrected chi connectivity index (χ2v) is 15.3. The van der Waals surface area contributed by atoms with E-state index in [1.807, 2.05) is 75.4 Å². The van der Waals surface area contributed by atoms with Crippen molar-refractivity contribution in [2.75, 3.05) is 6.61 Å². The Kier molecular flexibility index (Phi) is 13.0. The fourth-order valence-corrected chi connectivity index (χ4v) is 8.09. The number of carbonyl (C=O) groups excluding carboxylic acids is 2. The topological polar surface area (TPSA) is 69.9 Å². The number of hydrogen-bond acceptors (Lipinski definition) is 5. The van der Waals surface area contributed by atoms with Crippen LogP contribution in [0.3, 0.4) is 0 Å². The minimum Gasteiger partial charge on any atom is -0.493 e. The molecule has 58 heavy (non-hydrogen) atoms. The van der Waals surface area contributed by atoms with Crippen molar-refractivity contribution in [3.8, 4) is 5.75 Å². The van der Waals surface area contributed by atoms with Crippen molar-refractivity contribution in [1.82, 2.24) is 4.57 Å². The summed E-state index contributed by atoms with van der Waals surface area (Å²) in [5, 5.41) is 7.83. The molecule has 0 fully saturated rings. The first-order valence-electron chi connectivity index (χ1n) is 20.0. The lowest BCUT2D eigenvalue weighted by atomic mass is 9.89. The van der Waals surface area contributed by atoms with Gasteiger partial charge in [0.15, 0.2) is 5.78 Å². The van der Waals surface area contributed by atoms with Gasteiger partial charge in [-0.15, -0.1) is 0 Å². The monoisotopic (exact) mass is 794 g/mol. The molecule has 0 amide bonds. The van der Waals surface area contributed by atoms with Gasteiger partial charge < -0.3 is 14.1 Å². The summed E-state index contributed by atoms with van der Waals surface area (Å²) in [6.07, 6.45) is -0.853. The third kappa shape index (κ3) is 8.81. The largest absolute Gasteiger partial charge is 0.493 e. The highest BCUT2D eigenvalue weighted by molar-refractivity contribution is 6.27. The molecule has 0 aliphatic heterocycles. The summed E-state index contributed by atoms with van der Waals surface area (Å²) >= 11 is 0. The van der Waals surface area contributed by atoms with Gasteiger partial charge in [0, 0.05) is 63.8 Å². The van der Waals surface area contributed by atoms with Gasteiger partial charge in [-0.2, -0.15) is 0 Å². The third-order valence-corrected chi connectivity index (χ3v) is 10.9. The Hall–Kier alpha value is -5.51. The highest BCUT2D eigenvalue weighted by Crippen LogP contribution is 2.40. The zero-order valence-corrected chi connectivity index (χ0v) is 33.9. The van der Waals surface area contributed by atoms with E-state index in [1.54, 1.807) is 24.3 Å². The van der Waals surface area contributed by atoms with Crippen molar-refractivity contribution in [2.24, 2.45) is 11.1 Å². The lowest BCUT2D eigenvalue weighted by Gasteiger charge is -2.19. The van der Waals surface area contributed by atoms with Crippen molar-refractivity contribution in [3.63, 3.8) is 0 Å². The van der Waals surface area contributed by atoms with E-state index in [-0.39, 0.29) is 30.3 Å². The average Bonchev–Trinajstić information content (AvgIpc) is 3.50. The van der Waals surface area contributed by atoms with Crippen LogP contribution >= 0.6 is 0 Å². The van der Waals surface area contributed by atoms with E-state index in [0.717, 1.165) is 81.5 Å². The van der Waals surface area contributed by atoms with Gasteiger partial charge in [-0.25, -0.2) is 22.4 Å². The normalized spacial score (nSPS) is 12.8. The number of ether oxygens (including phenoxy) is 1. The van der Waals surface area contributed by atoms with Gasteiger partial charge in [0.05, 0.1) is 12.1 Å². The van der Waals surface area contributed by atoms with E-state index >= 15 is 0 Å². The summed E-state index contributed by atoms with van der Waals surface area (Å²) in [6, 6.07) is 26.7. The van der Waals surface area contributed by atoms with Crippen LogP contribution in [0, 0.1) is 26.7 Å². The third-order valence-electron chi connectivity index (χ3n) is 10.9. The number of halogens is 4. The van der Waals surface area contributed by atoms with E-state index in [0.29, 0.717) is 28.2 Å². The van der Waals surface area contributed by atoms with Crippen LogP contribution in [0.2, 0.25) is 0 Å². The number of unbranched alkanes of at least 4 members (excludes halogenated alkanes) is 1. The molecule has 5 aromatic carbocycles. The zero-order valence-electron chi connectivity index (χ0n) is 33.9. The van der Waals surface area contributed by atoms with Crippen LogP contribution in [0.15, 0.2) is 90.1 Å². The van der Waals surface area contributed by atoms with Crippen molar-refractivity contribution in [2.45, 2.75) is 99.0 Å². The van der Waals surface area contributed by atoms with Gasteiger partial charge in [0.25, 0.3) is 0 Å². The maximum atomic E-state index is 14.7. The summed E-state index contributed by atoms with van der Waals surface area (Å²) in [5.74, 6) is -4.19. The number of carbonyl (C=O) groups is 2. The van der Waals surface area contributed by atoms with E-state index in [2.05, 4.69) is 29.6 Å². The van der Waals surface area contributed by atoms with Crippen LogP contribution < -0.4 is 4.74 Å². The van der Waals surface area contributed by atoms with Gasteiger partial charge in [-0.1, -0.05) is 98.4 Å². The molecule has 1 unspecified atom stereocenters. The molecular formula is C48H50F4N2O4. The van der Waals surface area contributed by atoms with Crippen LogP contribution in [-0.2, 0) is 16.2 Å². The molecule has 1 atom stereocenters. The highest BCUT2D eigenvalue weighted by atomic mass is 19.3. The molecule has 0 N–H and O–H groups in total. The Morgan fingerprint density at radius 3 is 2.17 bits per heavy atom. The molecule has 1 heterocycles. The molecule has 1 aromatic heterocycles. The first-order valence-corrected chi connectivity index (χ1v) is 20.0. The Morgan fingerprint density at radius 2 is 1.50 bits per heavy atom. The minimum absolute atomic E-state index is 0.0611. The van der Waals surface area contributed by atoms with Crippen molar-refractivity contribution >= 4 is 50.0 Å². The number of para-hydroxylation sites is 1. The Morgan fingerprint density at radius 1 is 0.810 bits per heavy atom. The number of oxime groups is 1. The highest BCUT2D eigenvalue weighted by Gasteiger charge is 2.39. The number of rotatable bonds is 17. The molecule has 0 saturated heterocycles. The number of aromatic nitrogens is 1. The number of benzene rings is 5. The number of ketones is 1. The standard InChI is InChI=1S/C48H50F4N2O4/c1-7-9-15-33(8-2)28-54-41-21-20-34(44(53-58-32(6)55)37-18-12-13-19-42(37)57-23-14-22-48(51,52)47(49)50)26-38(41)39-27-40(35-16-10-11-17-36(35)45(39)54)46(56)43-30(4)24-29(3)25-31(43)5/h10-13,16-21,24-27,33,47H,7-9,14-15,22-23,28H2,1-6H3/b53-44-. The van der Waals surface area contributed by atoms with Crippen molar-refractivity contribution < 1.29 is 36.7 Å². The van der Waals surface area contributed by atoms with Crippen LogP contribution in [0.5, 0.6) is 5.75 Å². The van der Waals surface area contributed by atoms with Gasteiger partial charge in [0.2, 0.25) is 0 Å². The average molecular weight is 795 g/mol. The SMILES string of the molecule is CCCCC(CC)Cn1c2ccc(/C(=N/OC(C)=O)c3ccccc3OCCCC(F)(F)C(F)F)cc2c2cc(C(=O)c3c(C)cc(C)cc3C)c3ccccc3c21. The van der Waals surface area contributed by atoms with E-state index in [4.69, 9.17) is 9.57 Å². The molecule has 304 valence electrons. The van der Waals surface area contributed by atoms with Gasteiger partial charge >= 0.3 is 18.3 Å². The maximum Gasteiger partial charge on any atom is 0.332 e. The minimum atomic E-state index is -4.12. The van der Waals surface area contributed by atoms with Crippen LogP contribution in [0.25, 0.3) is 32.6 Å². The summed E-state index contributed by atoms with van der Waals surface area (Å²) in [7, 11) is 0. The van der Waals surface area contributed by atoms with E-state index in [1.165, 1.54) is 6.92 Å². The molecule has 0 spiro atoms. The molecule has 0 radical (unpaired) electrons. The number of fused-ring (bicyclic) bond motifs is 5. The van der Waals surface area contributed by atoms with E-state index < -0.39 is 24.7 Å². The van der Waals surface area contributed by atoms with Crippen LogP contribution in [-0.4, -0.2) is 41.0 Å². The van der Waals surface area contributed by atoms with Crippen molar-refractivity contribution in [3.05, 3.63) is 124 Å². The first kappa shape index (κ1) is 42.1. The fourth-order valence-electron chi connectivity index (χ4n) is 8.09. The second kappa shape index (κ2) is 18.0. The summed E-state index contributed by atoms with van der Waals surface area (Å²) in [4.78, 5) is 32.1. The molecule has 6 aromatic rings. The molecule has 6 rings (SSSR count). The molecular weight excluding hydrogens is 745 g/mol. The summed E-state index contributed by atoms with van der Waals surface area (Å²) in [5.41, 5.74) is 7.35. The van der Waals surface area contributed by atoms with Gasteiger partial charge in [-0.05, 0) is 86.4 Å². The van der Waals surface area contributed by atoms with Gasteiger partial charge in [-0.3, -0.25) is 4.79 Å². The Bertz CT molecular complexity index is 2480. The summed E-state index contributed by atoms with van der Waals surface area (Å²) in [6.45, 7) is 12.1. The second-order valence-electron chi connectivity index (χ2n) is 15.3. The van der Waals surface area contributed by atoms with Crippen LogP contribution in [0.4, 0.5) is 17.6 Å². The molecule has 0 aliphatic carbocycles. The number of hydrogen-bond donors (Lipinski definition) is 0. The molecule has 10 heteroatoms. The quantitative estimate of drug-likeness (QED) is 0.0230. The smallest absolute Gasteiger partial charge is 0.332 e. The Labute approximate surface area is 336 Å².